The second-order valence-electron chi connectivity index (χ2n) is 4.90. The van der Waals surface area contributed by atoms with E-state index in [1.165, 1.54) is 4.90 Å². The molecule has 8 heteroatoms. The zero-order chi connectivity index (χ0) is 15.8. The van der Waals surface area contributed by atoms with Crippen molar-refractivity contribution in [2.24, 2.45) is 5.92 Å². The smallest absolute Gasteiger partial charge is 0.391 e. The normalized spacial score (nSPS) is 17.1. The maximum Gasteiger partial charge on any atom is 0.391 e. The van der Waals surface area contributed by atoms with Gasteiger partial charge in [0.2, 0.25) is 0 Å². The highest BCUT2D eigenvalue weighted by Gasteiger charge is 2.41. The van der Waals surface area contributed by atoms with E-state index >= 15 is 0 Å². The number of rotatable bonds is 2. The molecular weight excluding hydrogens is 297 g/mol. The van der Waals surface area contributed by atoms with Gasteiger partial charge in [-0.3, -0.25) is 0 Å². The second-order valence-corrected chi connectivity index (χ2v) is 4.90. The average Bonchev–Trinajstić information content (AvgIpc) is 2.37. The number of aromatic carboxylic acids is 1. The summed E-state index contributed by atoms with van der Waals surface area (Å²) in [5, 5.41) is 8.69. The molecule has 116 valence electrons. The van der Waals surface area contributed by atoms with Crippen molar-refractivity contribution in [1.29, 1.82) is 0 Å². The van der Waals surface area contributed by atoms with Crippen molar-refractivity contribution in [3.63, 3.8) is 0 Å². The van der Waals surface area contributed by atoms with Gasteiger partial charge in [-0.2, -0.15) is 13.2 Å². The van der Waals surface area contributed by atoms with E-state index < -0.39 is 40.9 Å². The van der Waals surface area contributed by atoms with E-state index in [0.717, 1.165) is 0 Å². The van der Waals surface area contributed by atoms with Crippen LogP contribution in [0.4, 0.5) is 27.6 Å². The van der Waals surface area contributed by atoms with E-state index in [-0.39, 0.29) is 25.9 Å². The van der Waals surface area contributed by atoms with Crippen LogP contribution in [0.25, 0.3) is 0 Å². The van der Waals surface area contributed by atoms with Crippen LogP contribution in [0.15, 0.2) is 12.1 Å². The lowest BCUT2D eigenvalue weighted by Crippen LogP contribution is -2.39. The molecule has 1 aromatic rings. The molecule has 21 heavy (non-hydrogen) atoms. The van der Waals surface area contributed by atoms with Crippen molar-refractivity contribution in [1.82, 2.24) is 0 Å². The molecule has 1 heterocycles. The number of carboxylic acids is 1. The van der Waals surface area contributed by atoms with Crippen molar-refractivity contribution in [3.8, 4) is 0 Å². The van der Waals surface area contributed by atoms with Crippen LogP contribution in [0.3, 0.4) is 0 Å². The number of anilines is 1. The monoisotopic (exact) mass is 309 g/mol. The molecule has 0 bridgehead atoms. The molecule has 0 unspecified atom stereocenters. The third-order valence-electron chi connectivity index (χ3n) is 3.54. The van der Waals surface area contributed by atoms with Gasteiger partial charge in [0, 0.05) is 13.1 Å². The molecular formula is C13H12F5NO2. The number of nitrogens with zero attached hydrogens (tertiary/aromatic N) is 1. The van der Waals surface area contributed by atoms with E-state index in [1.54, 1.807) is 0 Å². The zero-order valence-electron chi connectivity index (χ0n) is 10.8. The third-order valence-corrected chi connectivity index (χ3v) is 3.54. The zero-order valence-corrected chi connectivity index (χ0v) is 10.8. The Balaban J connectivity index is 2.19. The lowest BCUT2D eigenvalue weighted by molar-refractivity contribution is -0.179. The van der Waals surface area contributed by atoms with Crippen molar-refractivity contribution < 1.29 is 31.9 Å². The molecule has 1 aromatic carbocycles. The lowest BCUT2D eigenvalue weighted by Gasteiger charge is -2.34. The molecule has 1 N–H and O–H groups in total. The van der Waals surface area contributed by atoms with Gasteiger partial charge in [0.05, 0.1) is 11.5 Å². The van der Waals surface area contributed by atoms with Gasteiger partial charge in [-0.15, -0.1) is 0 Å². The molecule has 1 aliphatic rings. The van der Waals surface area contributed by atoms with Gasteiger partial charge >= 0.3 is 12.1 Å². The fourth-order valence-corrected chi connectivity index (χ4v) is 2.42. The SMILES string of the molecule is O=C(O)c1cc(F)c(N2CCC(C(F)(F)F)CC2)c(F)c1. The largest absolute Gasteiger partial charge is 0.478 e. The second kappa shape index (κ2) is 5.50. The predicted octanol–water partition coefficient (Wildman–Crippen LogP) is 3.44. The number of hydrogen-bond acceptors (Lipinski definition) is 2. The first-order valence-electron chi connectivity index (χ1n) is 6.24. The first-order valence-corrected chi connectivity index (χ1v) is 6.24. The number of carbonyl (C=O) groups is 1. The lowest BCUT2D eigenvalue weighted by atomic mass is 9.95. The van der Waals surface area contributed by atoms with Gasteiger partial charge in [0.15, 0.2) is 0 Å². The number of carboxylic acid groups (broad SMARTS) is 1. The summed E-state index contributed by atoms with van der Waals surface area (Å²) in [4.78, 5) is 11.9. The topological polar surface area (TPSA) is 40.5 Å². The fraction of sp³-hybridized carbons (Fsp3) is 0.462. The quantitative estimate of drug-likeness (QED) is 0.851. The molecule has 3 nitrogen and oxygen atoms in total. The minimum absolute atomic E-state index is 0.134. The average molecular weight is 309 g/mol. The van der Waals surface area contributed by atoms with Gasteiger partial charge in [-0.1, -0.05) is 0 Å². The Labute approximate surface area is 117 Å². The molecule has 0 aromatic heterocycles. The van der Waals surface area contributed by atoms with Gasteiger partial charge in [0.1, 0.15) is 17.3 Å². The Hall–Kier alpha value is -1.86. The fourth-order valence-electron chi connectivity index (χ4n) is 2.42. The molecule has 0 amide bonds. The summed E-state index contributed by atoms with van der Waals surface area (Å²) in [7, 11) is 0. The Bertz CT molecular complexity index is 527. The molecule has 0 radical (unpaired) electrons. The molecule has 1 saturated heterocycles. The summed E-state index contributed by atoms with van der Waals surface area (Å²) >= 11 is 0. The Kier molecular flexibility index (Phi) is 4.06. The van der Waals surface area contributed by atoms with Crippen LogP contribution in [0, 0.1) is 17.6 Å². The molecule has 0 aliphatic carbocycles. The molecule has 1 aliphatic heterocycles. The highest BCUT2D eigenvalue weighted by Crippen LogP contribution is 2.36. The molecule has 0 atom stereocenters. The van der Waals surface area contributed by atoms with Crippen LogP contribution >= 0.6 is 0 Å². The van der Waals surface area contributed by atoms with Gasteiger partial charge in [-0.25, -0.2) is 13.6 Å². The van der Waals surface area contributed by atoms with Gasteiger partial charge in [-0.05, 0) is 25.0 Å². The summed E-state index contributed by atoms with van der Waals surface area (Å²) in [5.74, 6) is -5.12. The van der Waals surface area contributed by atoms with E-state index in [9.17, 15) is 26.7 Å². The number of halogens is 5. The van der Waals surface area contributed by atoms with Crippen LogP contribution in [-0.2, 0) is 0 Å². The van der Waals surface area contributed by atoms with E-state index in [4.69, 9.17) is 5.11 Å². The molecule has 0 saturated carbocycles. The third kappa shape index (κ3) is 3.25. The first-order chi connectivity index (χ1) is 9.70. The molecule has 2 rings (SSSR count). The van der Waals surface area contributed by atoms with Crippen LogP contribution in [-0.4, -0.2) is 30.3 Å². The van der Waals surface area contributed by atoms with Gasteiger partial charge in [0.25, 0.3) is 0 Å². The van der Waals surface area contributed by atoms with Crippen molar-refractivity contribution in [3.05, 3.63) is 29.3 Å². The number of benzene rings is 1. The van der Waals surface area contributed by atoms with E-state index in [2.05, 4.69) is 0 Å². The van der Waals surface area contributed by atoms with Crippen molar-refractivity contribution >= 4 is 11.7 Å². The number of alkyl halides is 3. The minimum Gasteiger partial charge on any atom is -0.478 e. The molecule has 0 spiro atoms. The highest BCUT2D eigenvalue weighted by molar-refractivity contribution is 5.88. The summed E-state index contributed by atoms with van der Waals surface area (Å²) in [6, 6.07) is 1.33. The first kappa shape index (κ1) is 15.5. The Morgan fingerprint density at radius 2 is 1.62 bits per heavy atom. The van der Waals surface area contributed by atoms with Crippen LogP contribution in [0.5, 0.6) is 0 Å². The predicted molar refractivity (Wildman–Crippen MR) is 64.3 cm³/mol. The van der Waals surface area contributed by atoms with Crippen LogP contribution in [0.2, 0.25) is 0 Å². The maximum absolute atomic E-state index is 13.8. The summed E-state index contributed by atoms with van der Waals surface area (Å²) in [5.41, 5.74) is -1.01. The van der Waals surface area contributed by atoms with Crippen LogP contribution < -0.4 is 4.90 Å². The Morgan fingerprint density at radius 1 is 1.14 bits per heavy atom. The van der Waals surface area contributed by atoms with Crippen LogP contribution in [0.1, 0.15) is 23.2 Å². The standard InChI is InChI=1S/C13H12F5NO2/c14-9-5-7(12(20)21)6-10(15)11(9)19-3-1-8(2-4-19)13(16,17)18/h5-6,8H,1-4H2,(H,20,21). The summed E-state index contributed by atoms with van der Waals surface area (Å²) in [6.45, 7) is -0.269. The van der Waals surface area contributed by atoms with E-state index in [0.29, 0.717) is 12.1 Å². The molecule has 1 fully saturated rings. The minimum atomic E-state index is -4.31. The summed E-state index contributed by atoms with van der Waals surface area (Å²) < 4.78 is 65.3. The van der Waals surface area contributed by atoms with Gasteiger partial charge < -0.3 is 10.0 Å². The van der Waals surface area contributed by atoms with Crippen molar-refractivity contribution in [2.45, 2.75) is 19.0 Å². The van der Waals surface area contributed by atoms with Crippen molar-refractivity contribution in [2.75, 3.05) is 18.0 Å². The number of piperidine rings is 1. The maximum atomic E-state index is 13.8. The number of hydrogen-bond donors (Lipinski definition) is 1. The Morgan fingerprint density at radius 3 is 2.00 bits per heavy atom. The highest BCUT2D eigenvalue weighted by atomic mass is 19.4. The van der Waals surface area contributed by atoms with E-state index in [1.807, 2.05) is 0 Å². The summed E-state index contributed by atoms with van der Waals surface area (Å²) in [6.07, 6.45) is -4.80.